The summed E-state index contributed by atoms with van der Waals surface area (Å²) < 4.78 is 39.8. The predicted molar refractivity (Wildman–Crippen MR) is 59.9 cm³/mol. The second-order valence-electron chi connectivity index (χ2n) is 3.74. The monoisotopic (exact) mass is 425 g/mol. The summed E-state index contributed by atoms with van der Waals surface area (Å²) in [6, 6.07) is 4.47. The van der Waals surface area contributed by atoms with E-state index in [2.05, 4.69) is 0 Å². The molecule has 0 fully saturated rings. The highest BCUT2D eigenvalue weighted by Gasteiger charge is 2.58. The Hall–Kier alpha value is -0.100. The number of pyridine rings is 1. The van der Waals surface area contributed by atoms with Crippen molar-refractivity contribution in [3.05, 3.63) is 30.1 Å². The molecule has 0 spiro atoms. The van der Waals surface area contributed by atoms with E-state index >= 15 is 0 Å². The molecule has 0 saturated heterocycles. The number of aromatic nitrogens is 1. The summed E-state index contributed by atoms with van der Waals surface area (Å²) in [5.41, 5.74) is 0.126. The first-order valence-electron chi connectivity index (χ1n) is 4.67. The first-order valence-corrected chi connectivity index (χ1v) is 7.73. The summed E-state index contributed by atoms with van der Waals surface area (Å²) in [4.78, 5) is 17.9. The maximum absolute atomic E-state index is 11.1. The molecule has 0 bridgehead atoms. The summed E-state index contributed by atoms with van der Waals surface area (Å²) in [6.45, 7) is 0. The van der Waals surface area contributed by atoms with E-state index in [4.69, 9.17) is 14.3 Å². The van der Waals surface area contributed by atoms with Crippen molar-refractivity contribution in [3.63, 3.8) is 0 Å². The predicted octanol–water partition coefficient (Wildman–Crippen LogP) is -4.23. The van der Waals surface area contributed by atoms with Crippen LogP contribution in [-0.4, -0.2) is 32.5 Å². The Morgan fingerprint density at radius 3 is 2.26 bits per heavy atom. The van der Waals surface area contributed by atoms with Crippen molar-refractivity contribution < 1.29 is 61.0 Å². The molecule has 0 aliphatic carbocycles. The zero-order valence-electron chi connectivity index (χ0n) is 9.71. The van der Waals surface area contributed by atoms with Gasteiger partial charge in [-0.1, -0.05) is 6.07 Å². The molecule has 1 heterocycles. The largest absolute Gasteiger partial charge is 1.00 e. The third kappa shape index (κ3) is 3.94. The molecule has 0 aliphatic rings. The molecule has 8 nitrogen and oxygen atoms in total. The Kier molecular flexibility index (Phi) is 6.09. The van der Waals surface area contributed by atoms with Crippen molar-refractivity contribution >= 4 is 17.7 Å². The van der Waals surface area contributed by atoms with Crippen LogP contribution in [0.4, 0.5) is 0 Å². The van der Waals surface area contributed by atoms with Crippen molar-refractivity contribution in [3.8, 4) is 0 Å². The van der Waals surface area contributed by atoms with Gasteiger partial charge in [0.15, 0.2) is 11.9 Å². The normalized spacial score (nSPS) is 15.4. The SMILES string of the molecule is C[n+]1ccccc1CC(O)(P(=O)(O)O)S(=O)(=O)O.[I-]. The highest BCUT2D eigenvalue weighted by molar-refractivity contribution is 7.94. The number of hydrogen-bond donors (Lipinski definition) is 4. The Balaban J connectivity index is 0.00000324. The Morgan fingerprint density at radius 2 is 1.89 bits per heavy atom. The van der Waals surface area contributed by atoms with E-state index in [1.165, 1.54) is 29.9 Å². The highest BCUT2D eigenvalue weighted by atomic mass is 127. The van der Waals surface area contributed by atoms with Crippen LogP contribution in [0.1, 0.15) is 5.69 Å². The van der Waals surface area contributed by atoms with E-state index in [0.29, 0.717) is 0 Å². The maximum atomic E-state index is 11.1. The number of halogens is 1. The molecule has 1 aromatic heterocycles. The van der Waals surface area contributed by atoms with Gasteiger partial charge in [-0.15, -0.1) is 0 Å². The number of aryl methyl sites for hydroxylation is 1. The number of nitrogens with zero attached hydrogens (tertiary/aromatic N) is 1. The van der Waals surface area contributed by atoms with Gasteiger partial charge in [0, 0.05) is 12.1 Å². The molecule has 11 heteroatoms. The van der Waals surface area contributed by atoms with Crippen LogP contribution < -0.4 is 28.5 Å². The molecule has 0 amide bonds. The van der Waals surface area contributed by atoms with E-state index in [-0.39, 0.29) is 29.7 Å². The standard InChI is InChI=1S/C8H12NO7PS.HI/c1-9-5-3-2-4-7(9)6-8(10,17(11,12)13)18(14,15)16;/h2-5,10H,6H2,1H3,(H2-,11,12,13,14,15,16);1H. The molecule has 1 aromatic rings. The van der Waals surface area contributed by atoms with Crippen LogP contribution in [0.3, 0.4) is 0 Å². The fourth-order valence-corrected chi connectivity index (χ4v) is 3.22. The quantitative estimate of drug-likeness (QED) is 0.166. The van der Waals surface area contributed by atoms with Gasteiger partial charge in [0.05, 0.1) is 6.42 Å². The van der Waals surface area contributed by atoms with Gasteiger partial charge >= 0.3 is 22.4 Å². The average Bonchev–Trinajstić information content (AvgIpc) is 2.18. The topological polar surface area (TPSA) is 136 Å². The lowest BCUT2D eigenvalue weighted by atomic mass is 10.2. The summed E-state index contributed by atoms with van der Waals surface area (Å²) in [7, 11) is -9.35. The van der Waals surface area contributed by atoms with Crippen LogP contribution in [0.25, 0.3) is 0 Å². The van der Waals surface area contributed by atoms with Crippen molar-refractivity contribution in [1.82, 2.24) is 0 Å². The van der Waals surface area contributed by atoms with Gasteiger partial charge in [-0.05, 0) is 0 Å². The molecule has 0 saturated carbocycles. The lowest BCUT2D eigenvalue weighted by Crippen LogP contribution is -3.00. The van der Waals surface area contributed by atoms with Crippen molar-refractivity contribution in [2.75, 3.05) is 0 Å². The smallest absolute Gasteiger partial charge is 0.375 e. The fraction of sp³-hybridized carbons (Fsp3) is 0.375. The van der Waals surface area contributed by atoms with Crippen LogP contribution in [0.2, 0.25) is 0 Å². The lowest BCUT2D eigenvalue weighted by Gasteiger charge is -2.24. The van der Waals surface area contributed by atoms with E-state index in [1.807, 2.05) is 0 Å². The molecule has 1 atom stereocenters. The Labute approximate surface area is 127 Å². The minimum absolute atomic E-state index is 0. The Morgan fingerprint density at radius 1 is 1.37 bits per heavy atom. The molecular formula is C8H13INO7PS. The molecule has 1 unspecified atom stereocenters. The summed E-state index contributed by atoms with van der Waals surface area (Å²) in [5, 5.41) is 9.65. The van der Waals surface area contributed by atoms with Crippen LogP contribution in [0.5, 0.6) is 0 Å². The van der Waals surface area contributed by atoms with Gasteiger partial charge in [0.25, 0.3) is 0 Å². The molecular weight excluding hydrogens is 412 g/mol. The van der Waals surface area contributed by atoms with Crippen LogP contribution in [0, 0.1) is 0 Å². The third-order valence-electron chi connectivity index (χ3n) is 2.44. The van der Waals surface area contributed by atoms with E-state index in [9.17, 15) is 18.1 Å². The molecule has 0 aromatic carbocycles. The Bertz CT molecular complexity index is 601. The summed E-state index contributed by atoms with van der Waals surface area (Å²) in [6.07, 6.45) is 0.562. The zero-order chi connectivity index (χ0) is 14.2. The van der Waals surface area contributed by atoms with Crippen LogP contribution in [-0.2, 0) is 28.2 Å². The maximum Gasteiger partial charge on any atom is 0.375 e. The van der Waals surface area contributed by atoms with Crippen molar-refractivity contribution in [2.45, 2.75) is 11.1 Å². The van der Waals surface area contributed by atoms with E-state index < -0.39 is 28.8 Å². The lowest BCUT2D eigenvalue weighted by molar-refractivity contribution is -0.679. The number of aliphatic hydroxyl groups is 1. The minimum Gasteiger partial charge on any atom is -1.00 e. The highest BCUT2D eigenvalue weighted by Crippen LogP contribution is 2.52. The van der Waals surface area contributed by atoms with Crippen molar-refractivity contribution in [2.24, 2.45) is 7.05 Å². The minimum atomic E-state index is -5.49. The summed E-state index contributed by atoms with van der Waals surface area (Å²) >= 11 is 0. The third-order valence-corrected chi connectivity index (χ3v) is 5.89. The van der Waals surface area contributed by atoms with Gasteiger partial charge in [-0.2, -0.15) is 8.42 Å². The average molecular weight is 425 g/mol. The molecule has 1 rings (SSSR count). The van der Waals surface area contributed by atoms with Gasteiger partial charge in [-0.25, -0.2) is 4.57 Å². The van der Waals surface area contributed by atoms with Gasteiger partial charge in [0.1, 0.15) is 7.05 Å². The molecule has 0 aliphatic heterocycles. The van der Waals surface area contributed by atoms with E-state index in [1.54, 1.807) is 6.07 Å². The number of rotatable bonds is 4. The molecule has 19 heavy (non-hydrogen) atoms. The summed E-state index contributed by atoms with van der Waals surface area (Å²) in [5.74, 6) is 0. The van der Waals surface area contributed by atoms with Crippen molar-refractivity contribution in [1.29, 1.82) is 0 Å². The second-order valence-corrected chi connectivity index (χ2v) is 7.50. The fourth-order valence-electron chi connectivity index (χ4n) is 1.32. The molecule has 110 valence electrons. The van der Waals surface area contributed by atoms with Gasteiger partial charge in [0.2, 0.25) is 0 Å². The van der Waals surface area contributed by atoms with Gasteiger partial charge in [-0.3, -0.25) is 9.12 Å². The number of hydrogen-bond acceptors (Lipinski definition) is 4. The second kappa shape index (κ2) is 6.12. The first-order chi connectivity index (χ1) is 7.99. The molecule has 4 N–H and O–H groups in total. The first kappa shape index (κ1) is 18.9. The van der Waals surface area contributed by atoms with Crippen LogP contribution >= 0.6 is 7.60 Å². The van der Waals surface area contributed by atoms with Crippen LogP contribution in [0.15, 0.2) is 24.4 Å². The molecule has 0 radical (unpaired) electrons. The van der Waals surface area contributed by atoms with E-state index in [0.717, 1.165) is 0 Å². The zero-order valence-corrected chi connectivity index (χ0v) is 13.6. The van der Waals surface area contributed by atoms with Gasteiger partial charge < -0.3 is 38.9 Å².